The number of fused-ring (bicyclic) bond motifs is 1. The van der Waals surface area contributed by atoms with E-state index in [-0.39, 0.29) is 27.7 Å². The number of anilines is 2. The summed E-state index contributed by atoms with van der Waals surface area (Å²) >= 11 is 11.8. The number of amides is 1. The minimum atomic E-state index is -0.647. The number of likely N-dealkylation sites (tertiary alicyclic amines) is 1. The fourth-order valence-corrected chi connectivity index (χ4v) is 4.01. The van der Waals surface area contributed by atoms with Crippen LogP contribution in [0.5, 0.6) is 0 Å². The van der Waals surface area contributed by atoms with E-state index < -0.39 is 11.4 Å². The first-order chi connectivity index (χ1) is 15.1. The molecule has 6 nitrogen and oxygen atoms in total. The number of nitrogens with one attached hydrogen (secondary N) is 1. The number of carbonyl (C=O) groups excluding carboxylic acids is 1. The molecule has 1 aliphatic rings. The second kappa shape index (κ2) is 8.71. The fraction of sp³-hybridized carbons (Fsp3) is 0.348. The molecule has 0 bridgehead atoms. The number of rotatable bonds is 3. The molecule has 0 saturated carbocycles. The van der Waals surface area contributed by atoms with Crippen molar-refractivity contribution >= 4 is 51.7 Å². The van der Waals surface area contributed by atoms with Crippen LogP contribution < -0.4 is 5.32 Å². The van der Waals surface area contributed by atoms with E-state index in [0.29, 0.717) is 24.4 Å². The van der Waals surface area contributed by atoms with Gasteiger partial charge >= 0.3 is 6.09 Å². The van der Waals surface area contributed by atoms with Crippen LogP contribution in [0.2, 0.25) is 10.0 Å². The van der Waals surface area contributed by atoms with Crippen molar-refractivity contribution in [3.8, 4) is 0 Å². The average Bonchev–Trinajstić information content (AvgIpc) is 3.23. The lowest BCUT2D eigenvalue weighted by atomic mass is 9.97. The molecule has 1 amide bonds. The predicted molar refractivity (Wildman–Crippen MR) is 124 cm³/mol. The van der Waals surface area contributed by atoms with Gasteiger partial charge in [0.1, 0.15) is 17.7 Å². The molecule has 4 rings (SSSR count). The molecule has 1 fully saturated rings. The number of hydrogen-bond acceptors (Lipinski definition) is 5. The third-order valence-electron chi connectivity index (χ3n) is 5.26. The number of halogens is 3. The SMILES string of the molecule is CC(C)(C)OC(=O)N1CCC(c2ccc3ncnc(Nc4ccc(Cl)c(Cl)c4F)c3c2)C1. The van der Waals surface area contributed by atoms with Crippen molar-refractivity contribution in [2.45, 2.75) is 38.7 Å². The normalized spacial score (nSPS) is 16.4. The second-order valence-electron chi connectivity index (χ2n) is 8.76. The molecule has 2 heterocycles. The van der Waals surface area contributed by atoms with E-state index in [0.717, 1.165) is 17.4 Å². The van der Waals surface area contributed by atoms with Crippen molar-refractivity contribution in [1.82, 2.24) is 14.9 Å². The Balaban J connectivity index is 1.60. The van der Waals surface area contributed by atoms with Crippen molar-refractivity contribution in [2.24, 2.45) is 0 Å². The van der Waals surface area contributed by atoms with Gasteiger partial charge in [-0.05, 0) is 57.0 Å². The smallest absolute Gasteiger partial charge is 0.410 e. The highest BCUT2D eigenvalue weighted by molar-refractivity contribution is 6.42. The zero-order valence-corrected chi connectivity index (χ0v) is 19.5. The molecule has 0 spiro atoms. The van der Waals surface area contributed by atoms with Crippen molar-refractivity contribution in [1.29, 1.82) is 0 Å². The van der Waals surface area contributed by atoms with Gasteiger partial charge in [0.25, 0.3) is 0 Å². The summed E-state index contributed by atoms with van der Waals surface area (Å²) in [4.78, 5) is 22.7. The van der Waals surface area contributed by atoms with Gasteiger partial charge in [0.15, 0.2) is 5.82 Å². The Morgan fingerprint density at radius 2 is 2.00 bits per heavy atom. The summed E-state index contributed by atoms with van der Waals surface area (Å²) < 4.78 is 20.0. The highest BCUT2D eigenvalue weighted by Gasteiger charge is 2.30. The zero-order chi connectivity index (χ0) is 23.0. The van der Waals surface area contributed by atoms with Crippen LogP contribution in [0.4, 0.5) is 20.7 Å². The Kier molecular flexibility index (Phi) is 6.14. The molecule has 2 aromatic carbocycles. The van der Waals surface area contributed by atoms with Crippen molar-refractivity contribution in [3.63, 3.8) is 0 Å². The molecule has 9 heteroatoms. The molecule has 32 heavy (non-hydrogen) atoms. The lowest BCUT2D eigenvalue weighted by Crippen LogP contribution is -2.35. The summed E-state index contributed by atoms with van der Waals surface area (Å²) in [6.45, 7) is 6.76. The molecule has 0 radical (unpaired) electrons. The van der Waals surface area contributed by atoms with Crippen LogP contribution >= 0.6 is 23.2 Å². The van der Waals surface area contributed by atoms with Crippen LogP contribution in [0.1, 0.15) is 38.7 Å². The van der Waals surface area contributed by atoms with Gasteiger partial charge in [-0.1, -0.05) is 29.3 Å². The molecule has 0 aliphatic carbocycles. The Bertz CT molecular complexity index is 1180. The number of benzene rings is 2. The van der Waals surface area contributed by atoms with Gasteiger partial charge < -0.3 is 15.0 Å². The first-order valence-corrected chi connectivity index (χ1v) is 11.0. The van der Waals surface area contributed by atoms with E-state index in [1.165, 1.54) is 18.5 Å². The Morgan fingerprint density at radius 3 is 2.75 bits per heavy atom. The molecule has 1 aromatic heterocycles. The molecule has 1 aliphatic heterocycles. The molecule has 1 saturated heterocycles. The standard InChI is InChI=1S/C23H23Cl2FN4O2/c1-23(2,3)32-22(31)30-9-8-14(11-30)13-4-6-17-15(10-13)21(28-12-27-17)29-18-7-5-16(24)19(25)20(18)26/h4-7,10,12,14H,8-9,11H2,1-3H3,(H,27,28,29). The second-order valence-corrected chi connectivity index (χ2v) is 9.54. The maximum Gasteiger partial charge on any atom is 0.410 e. The number of ether oxygens (including phenoxy) is 1. The number of aromatic nitrogens is 2. The Hall–Kier alpha value is -2.64. The summed E-state index contributed by atoms with van der Waals surface area (Å²) in [5.74, 6) is -0.0382. The lowest BCUT2D eigenvalue weighted by Gasteiger charge is -2.24. The van der Waals surface area contributed by atoms with Gasteiger partial charge in [-0.15, -0.1) is 0 Å². The number of hydrogen-bond donors (Lipinski definition) is 1. The predicted octanol–water partition coefficient (Wildman–Crippen LogP) is 6.54. The largest absolute Gasteiger partial charge is 0.444 e. The zero-order valence-electron chi connectivity index (χ0n) is 18.0. The maximum atomic E-state index is 14.5. The fourth-order valence-electron chi connectivity index (χ4n) is 3.70. The minimum absolute atomic E-state index is 0.139. The van der Waals surface area contributed by atoms with Gasteiger partial charge in [0.05, 0.1) is 21.2 Å². The van der Waals surface area contributed by atoms with Crippen LogP contribution in [-0.2, 0) is 4.74 Å². The average molecular weight is 477 g/mol. The minimum Gasteiger partial charge on any atom is -0.444 e. The summed E-state index contributed by atoms with van der Waals surface area (Å²) in [6.07, 6.45) is 1.93. The van der Waals surface area contributed by atoms with Gasteiger partial charge in [0.2, 0.25) is 0 Å². The van der Waals surface area contributed by atoms with E-state index in [4.69, 9.17) is 27.9 Å². The van der Waals surface area contributed by atoms with E-state index in [2.05, 4.69) is 15.3 Å². The highest BCUT2D eigenvalue weighted by Crippen LogP contribution is 2.34. The van der Waals surface area contributed by atoms with Crippen LogP contribution in [0, 0.1) is 5.82 Å². The molecule has 168 valence electrons. The first-order valence-electron chi connectivity index (χ1n) is 10.3. The quantitative estimate of drug-likeness (QED) is 0.434. The topological polar surface area (TPSA) is 67.3 Å². The monoisotopic (exact) mass is 476 g/mol. The third-order valence-corrected chi connectivity index (χ3v) is 6.04. The maximum absolute atomic E-state index is 14.5. The van der Waals surface area contributed by atoms with Gasteiger partial charge in [-0.25, -0.2) is 19.2 Å². The molecule has 1 atom stereocenters. The summed E-state index contributed by atoms with van der Waals surface area (Å²) in [5, 5.41) is 3.73. The first kappa shape index (κ1) is 22.6. The van der Waals surface area contributed by atoms with Crippen molar-refractivity contribution in [3.05, 3.63) is 58.1 Å². The molecule has 3 aromatic rings. The van der Waals surface area contributed by atoms with E-state index in [1.54, 1.807) is 4.90 Å². The van der Waals surface area contributed by atoms with Crippen LogP contribution in [0.3, 0.4) is 0 Å². The van der Waals surface area contributed by atoms with E-state index in [1.807, 2.05) is 39.0 Å². The lowest BCUT2D eigenvalue weighted by molar-refractivity contribution is 0.0292. The third kappa shape index (κ3) is 4.74. The van der Waals surface area contributed by atoms with Crippen LogP contribution in [-0.4, -0.2) is 39.7 Å². The van der Waals surface area contributed by atoms with E-state index >= 15 is 0 Å². The molecule has 1 unspecified atom stereocenters. The Labute approximate surface area is 195 Å². The summed E-state index contributed by atoms with van der Waals surface area (Å²) in [7, 11) is 0. The highest BCUT2D eigenvalue weighted by atomic mass is 35.5. The van der Waals surface area contributed by atoms with Gasteiger partial charge in [0, 0.05) is 24.4 Å². The van der Waals surface area contributed by atoms with Gasteiger partial charge in [-0.2, -0.15) is 0 Å². The molecule has 1 N–H and O–H groups in total. The van der Waals surface area contributed by atoms with Crippen LogP contribution in [0.25, 0.3) is 10.9 Å². The van der Waals surface area contributed by atoms with Crippen molar-refractivity contribution < 1.29 is 13.9 Å². The van der Waals surface area contributed by atoms with E-state index in [9.17, 15) is 9.18 Å². The number of carbonyl (C=O) groups is 1. The van der Waals surface area contributed by atoms with Crippen molar-refractivity contribution in [2.75, 3.05) is 18.4 Å². The number of nitrogens with zero attached hydrogens (tertiary/aromatic N) is 3. The summed E-state index contributed by atoms with van der Waals surface area (Å²) in [5.41, 5.74) is 1.40. The van der Waals surface area contributed by atoms with Crippen LogP contribution in [0.15, 0.2) is 36.7 Å². The Morgan fingerprint density at radius 1 is 1.22 bits per heavy atom. The summed E-state index contributed by atoms with van der Waals surface area (Å²) in [6, 6.07) is 8.92. The molecular formula is C23H23Cl2FN4O2. The molecular weight excluding hydrogens is 454 g/mol. The van der Waals surface area contributed by atoms with Gasteiger partial charge in [-0.3, -0.25) is 0 Å².